The minimum atomic E-state index is -1.41. The molecule has 0 fully saturated rings. The minimum absolute atomic E-state index is 0.116. The summed E-state index contributed by atoms with van der Waals surface area (Å²) in [6.45, 7) is 1.26. The second-order valence-electron chi connectivity index (χ2n) is 1.94. The fraction of sp³-hybridized carbons (Fsp3) is 1.00. The van der Waals surface area contributed by atoms with Crippen LogP contribution in [0.1, 0.15) is 6.92 Å². The number of hydrogen-bond donors (Lipinski definition) is 0. The van der Waals surface area contributed by atoms with Crippen molar-refractivity contribution in [2.45, 2.75) is 12.6 Å². The molecule has 9 heavy (non-hydrogen) atoms. The van der Waals surface area contributed by atoms with Crippen LogP contribution in [0.5, 0.6) is 0 Å². The van der Waals surface area contributed by atoms with Crippen molar-refractivity contribution in [3.05, 3.63) is 10.4 Å². The SMILES string of the molecule is CC(F)(CBr)CN=[N+]=[N-]. The quantitative estimate of drug-likeness (QED) is 0.288. The average Bonchev–Trinajstić information content (AvgIpc) is 1.84. The van der Waals surface area contributed by atoms with Gasteiger partial charge < -0.3 is 0 Å². The Hall–Kier alpha value is -0.280. The minimum Gasteiger partial charge on any atom is -0.243 e. The van der Waals surface area contributed by atoms with Gasteiger partial charge in [-0.2, -0.15) is 0 Å². The first-order chi connectivity index (χ1) is 4.12. The van der Waals surface area contributed by atoms with Crippen molar-refractivity contribution in [1.29, 1.82) is 0 Å². The fourth-order valence-corrected chi connectivity index (χ4v) is 0.399. The van der Waals surface area contributed by atoms with Crippen LogP contribution in [0.25, 0.3) is 10.4 Å². The first-order valence-corrected chi connectivity index (χ1v) is 3.50. The molecule has 1 unspecified atom stereocenters. The van der Waals surface area contributed by atoms with E-state index in [1.807, 2.05) is 0 Å². The van der Waals surface area contributed by atoms with Gasteiger partial charge in [0.15, 0.2) is 0 Å². The predicted molar refractivity (Wildman–Crippen MR) is 37.3 cm³/mol. The van der Waals surface area contributed by atoms with Gasteiger partial charge in [-0.25, -0.2) is 4.39 Å². The third-order valence-corrected chi connectivity index (χ3v) is 1.91. The molecule has 0 heterocycles. The normalized spacial score (nSPS) is 15.9. The molecule has 52 valence electrons. The van der Waals surface area contributed by atoms with Gasteiger partial charge in [-0.1, -0.05) is 21.0 Å². The van der Waals surface area contributed by atoms with E-state index < -0.39 is 5.67 Å². The molecule has 0 N–H and O–H groups in total. The van der Waals surface area contributed by atoms with Crippen molar-refractivity contribution in [3.8, 4) is 0 Å². The topological polar surface area (TPSA) is 48.8 Å². The summed E-state index contributed by atoms with van der Waals surface area (Å²) in [5.41, 5.74) is 6.39. The largest absolute Gasteiger partial charge is 0.243 e. The number of nitrogens with zero attached hydrogens (tertiary/aromatic N) is 3. The third-order valence-electron chi connectivity index (χ3n) is 0.742. The van der Waals surface area contributed by atoms with Crippen LogP contribution in [0.4, 0.5) is 4.39 Å². The lowest BCUT2D eigenvalue weighted by Crippen LogP contribution is -2.23. The van der Waals surface area contributed by atoms with Gasteiger partial charge in [-0.3, -0.25) is 0 Å². The summed E-state index contributed by atoms with van der Waals surface area (Å²) in [7, 11) is 0. The Kier molecular flexibility index (Phi) is 3.58. The molecular formula is C4H7BrFN3. The number of azide groups is 1. The summed E-state index contributed by atoms with van der Waals surface area (Å²) in [4.78, 5) is 2.43. The van der Waals surface area contributed by atoms with Gasteiger partial charge >= 0.3 is 0 Å². The highest BCUT2D eigenvalue weighted by atomic mass is 79.9. The molecule has 1 atom stereocenters. The number of alkyl halides is 2. The van der Waals surface area contributed by atoms with Crippen LogP contribution in [0.2, 0.25) is 0 Å². The lowest BCUT2D eigenvalue weighted by Gasteiger charge is -2.11. The van der Waals surface area contributed by atoms with E-state index >= 15 is 0 Å². The predicted octanol–water partition coefficient (Wildman–Crippen LogP) is 2.42. The molecular weight excluding hydrogens is 189 g/mol. The smallest absolute Gasteiger partial charge is 0.123 e. The highest BCUT2D eigenvalue weighted by Gasteiger charge is 2.19. The first-order valence-electron chi connectivity index (χ1n) is 2.38. The van der Waals surface area contributed by atoms with Gasteiger partial charge in [0, 0.05) is 10.2 Å². The molecule has 0 amide bonds. The molecule has 0 rings (SSSR count). The van der Waals surface area contributed by atoms with Crippen LogP contribution in [0.3, 0.4) is 0 Å². The zero-order chi connectivity index (χ0) is 7.33. The number of halogens is 2. The lowest BCUT2D eigenvalue weighted by molar-refractivity contribution is 0.236. The molecule has 3 nitrogen and oxygen atoms in total. The molecule has 0 saturated carbocycles. The van der Waals surface area contributed by atoms with Gasteiger partial charge in [-0.15, -0.1) is 0 Å². The zero-order valence-corrected chi connectivity index (χ0v) is 6.60. The van der Waals surface area contributed by atoms with Gasteiger partial charge in [0.05, 0.1) is 6.54 Å². The van der Waals surface area contributed by atoms with E-state index in [1.165, 1.54) is 6.92 Å². The zero-order valence-electron chi connectivity index (χ0n) is 5.01. The maximum absolute atomic E-state index is 12.7. The van der Waals surface area contributed by atoms with Crippen molar-refractivity contribution in [2.24, 2.45) is 5.11 Å². The van der Waals surface area contributed by atoms with Gasteiger partial charge in [0.2, 0.25) is 0 Å². The van der Waals surface area contributed by atoms with Gasteiger partial charge in [-0.05, 0) is 12.5 Å². The second kappa shape index (κ2) is 3.69. The summed E-state index contributed by atoms with van der Waals surface area (Å²) in [5, 5.41) is 3.28. The second-order valence-corrected chi connectivity index (χ2v) is 2.50. The van der Waals surface area contributed by atoms with Crippen LogP contribution < -0.4 is 0 Å². The third kappa shape index (κ3) is 4.24. The van der Waals surface area contributed by atoms with E-state index in [1.54, 1.807) is 0 Å². The Morgan fingerprint density at radius 1 is 1.89 bits per heavy atom. The van der Waals surface area contributed by atoms with Gasteiger partial charge in [0.25, 0.3) is 0 Å². The van der Waals surface area contributed by atoms with Crippen LogP contribution in [0.15, 0.2) is 5.11 Å². The summed E-state index contributed by atoms with van der Waals surface area (Å²) >= 11 is 2.94. The molecule has 0 aromatic carbocycles. The Bertz CT molecular complexity index is 130. The fourth-order valence-electron chi connectivity index (χ4n) is 0.221. The van der Waals surface area contributed by atoms with E-state index in [0.29, 0.717) is 0 Å². The molecule has 0 bridgehead atoms. The van der Waals surface area contributed by atoms with E-state index in [2.05, 4.69) is 26.0 Å². The summed E-state index contributed by atoms with van der Waals surface area (Å²) < 4.78 is 12.7. The van der Waals surface area contributed by atoms with Crippen molar-refractivity contribution in [1.82, 2.24) is 0 Å². The Morgan fingerprint density at radius 3 is 2.78 bits per heavy atom. The van der Waals surface area contributed by atoms with E-state index in [4.69, 9.17) is 5.53 Å². The van der Waals surface area contributed by atoms with Gasteiger partial charge in [0.1, 0.15) is 5.67 Å². The Morgan fingerprint density at radius 2 is 2.44 bits per heavy atom. The van der Waals surface area contributed by atoms with Crippen molar-refractivity contribution in [3.63, 3.8) is 0 Å². The number of hydrogen-bond acceptors (Lipinski definition) is 1. The van der Waals surface area contributed by atoms with Crippen LogP contribution in [-0.4, -0.2) is 17.5 Å². The maximum Gasteiger partial charge on any atom is 0.123 e. The lowest BCUT2D eigenvalue weighted by atomic mass is 10.2. The molecule has 0 aliphatic heterocycles. The molecule has 0 aromatic rings. The van der Waals surface area contributed by atoms with Crippen molar-refractivity contribution in [2.75, 3.05) is 11.9 Å². The summed E-state index contributed by atoms with van der Waals surface area (Å²) in [5.74, 6) is 0. The molecule has 0 aliphatic rings. The molecule has 0 radical (unpaired) electrons. The monoisotopic (exact) mass is 195 g/mol. The van der Waals surface area contributed by atoms with E-state index in [9.17, 15) is 4.39 Å². The highest BCUT2D eigenvalue weighted by molar-refractivity contribution is 9.09. The first kappa shape index (κ1) is 8.72. The standard InChI is InChI=1S/C4H7BrFN3/c1-4(6,2-5)3-8-9-7/h2-3H2,1H3. The molecule has 0 saturated heterocycles. The van der Waals surface area contributed by atoms with Crippen LogP contribution in [-0.2, 0) is 0 Å². The summed E-state index contributed by atoms with van der Waals surface area (Å²) in [6.07, 6.45) is 0. The van der Waals surface area contributed by atoms with Crippen LogP contribution >= 0.6 is 15.9 Å². The van der Waals surface area contributed by atoms with E-state index in [-0.39, 0.29) is 11.9 Å². The number of rotatable bonds is 3. The maximum atomic E-state index is 12.7. The van der Waals surface area contributed by atoms with Crippen molar-refractivity contribution >= 4 is 15.9 Å². The Labute approximate surface area is 61.0 Å². The van der Waals surface area contributed by atoms with Crippen molar-refractivity contribution < 1.29 is 4.39 Å². The van der Waals surface area contributed by atoms with Crippen LogP contribution in [0, 0.1) is 0 Å². The summed E-state index contributed by atoms with van der Waals surface area (Å²) in [6, 6.07) is 0. The average molecular weight is 196 g/mol. The molecule has 0 aromatic heterocycles. The van der Waals surface area contributed by atoms with E-state index in [0.717, 1.165) is 0 Å². The highest BCUT2D eigenvalue weighted by Crippen LogP contribution is 2.13. The molecule has 5 heteroatoms. The Balaban J connectivity index is 3.71. The molecule has 0 spiro atoms. The molecule has 0 aliphatic carbocycles.